The number of unbranched alkanes of at least 4 members (excludes halogenated alkanes) is 1. The minimum atomic E-state index is -0.817. The van der Waals surface area contributed by atoms with Gasteiger partial charge in [-0.15, -0.1) is 0 Å². The van der Waals surface area contributed by atoms with Crippen LogP contribution in [0.25, 0.3) is 0 Å². The molecule has 26 nitrogen and oxygen atoms in total. The van der Waals surface area contributed by atoms with Gasteiger partial charge in [0.05, 0.1) is 83.3 Å². The van der Waals surface area contributed by atoms with Gasteiger partial charge in [0.25, 0.3) is 0 Å². The second-order valence-corrected chi connectivity index (χ2v) is 27.1. The summed E-state index contributed by atoms with van der Waals surface area (Å²) in [6.45, 7) is 30.5. The van der Waals surface area contributed by atoms with Gasteiger partial charge in [-0.05, 0) is 99.0 Å². The van der Waals surface area contributed by atoms with Gasteiger partial charge in [-0.3, -0.25) is 29.3 Å². The molecule has 510 valence electrons. The highest BCUT2D eigenvalue weighted by Gasteiger charge is 2.38. The number of ether oxygens (including phenoxy) is 3. The lowest BCUT2D eigenvalue weighted by Gasteiger charge is -2.37. The number of aryl methyl sites for hydroxylation is 3. The number of rotatable bonds is 22. The number of anilines is 9. The van der Waals surface area contributed by atoms with Crippen LogP contribution < -0.4 is 66.1 Å². The van der Waals surface area contributed by atoms with E-state index >= 15 is 0 Å². The van der Waals surface area contributed by atoms with Gasteiger partial charge in [-0.25, -0.2) is 0 Å². The molecule has 0 atom stereocenters. The number of hydrogen-bond donors (Lipinski definition) is 5. The van der Waals surface area contributed by atoms with E-state index in [4.69, 9.17) is 66.2 Å². The second kappa shape index (κ2) is 31.6. The van der Waals surface area contributed by atoms with Gasteiger partial charge in [0.15, 0.2) is 32.9 Å². The predicted molar refractivity (Wildman–Crippen MR) is 372 cm³/mol. The van der Waals surface area contributed by atoms with Gasteiger partial charge in [-0.1, -0.05) is 75.8 Å². The zero-order chi connectivity index (χ0) is 69.3. The highest BCUT2D eigenvalue weighted by molar-refractivity contribution is 6.35. The van der Waals surface area contributed by atoms with Crippen molar-refractivity contribution in [3.63, 3.8) is 0 Å². The number of hydrogen-bond acceptors (Lipinski definition) is 23. The van der Waals surface area contributed by atoms with Crippen molar-refractivity contribution in [1.29, 1.82) is 0 Å². The van der Waals surface area contributed by atoms with E-state index in [-0.39, 0.29) is 76.1 Å². The second-order valence-electron chi connectivity index (χ2n) is 26.0. The van der Waals surface area contributed by atoms with E-state index in [1.54, 1.807) is 73.4 Å². The molecule has 0 fully saturated rings. The largest absolute Gasteiger partial charge is 0.496 e. The Labute approximate surface area is 566 Å². The Hall–Kier alpha value is -7.91. The lowest BCUT2D eigenvalue weighted by molar-refractivity contribution is -0.118. The molecule has 6 aromatic heterocycles. The molecular weight excluding hydrogens is 1270 g/mol. The van der Waals surface area contributed by atoms with Crippen molar-refractivity contribution in [3.8, 4) is 17.2 Å². The summed E-state index contributed by atoms with van der Waals surface area (Å²) in [7, 11) is 4.90. The fourth-order valence-electron chi connectivity index (χ4n) is 11.5. The smallest absolute Gasteiger partial charge is 0.246 e. The van der Waals surface area contributed by atoms with Crippen molar-refractivity contribution >= 4 is 105 Å². The van der Waals surface area contributed by atoms with Gasteiger partial charge in [0.2, 0.25) is 35.6 Å². The van der Waals surface area contributed by atoms with Crippen molar-refractivity contribution < 1.29 is 33.7 Å². The standard InChI is InChI=1S/C23H33ClN6O2.C21H30ClN7O2.C21H29ClN6O3/c1-14-11-26-16(15(2)19(14)32-6)12-29-13-17(31)30(10-8-7-9-23(3,4)5)18-20(24)27-22(25)28-21(18)29;1-12(2)8-24-6-7-29-16(30)11-28(20-17(29)19(22)26-21(23)27-20)10-15-14(4)18(31-5)13(3)9-25-15;1-12-9-24-14(13(2)17(12)31-5)10-27-11-15(29)28(8-6-7-21(3,4)30)16-18(22)25-20(23)26-19(16)27/h11H,7-10,12-13H2,1-6H3,(H2,25,27,28);9,12,24H,6-8,10-11H2,1-5H3,(H2,23,26,27);9,30H,6-8,10-11H2,1-5H3,(H2,23,25,26). The maximum absolute atomic E-state index is 13.1. The van der Waals surface area contributed by atoms with Crippen LogP contribution in [0.3, 0.4) is 0 Å². The monoisotopic (exact) mass is 1360 g/mol. The third-order valence-electron chi connectivity index (χ3n) is 16.2. The zero-order valence-corrected chi connectivity index (χ0v) is 59.4. The number of nitrogens with two attached hydrogens (primary N) is 3. The van der Waals surface area contributed by atoms with Gasteiger partial charge in [-0.2, -0.15) is 29.9 Å². The highest BCUT2D eigenvalue weighted by Crippen LogP contribution is 2.43. The van der Waals surface area contributed by atoms with Gasteiger partial charge < -0.3 is 71.2 Å². The third kappa shape index (κ3) is 18.1. The first-order chi connectivity index (χ1) is 44.2. The molecule has 0 unspecified atom stereocenters. The summed E-state index contributed by atoms with van der Waals surface area (Å²) in [4.78, 5) is 88.8. The molecule has 0 saturated heterocycles. The number of carbonyl (C=O) groups excluding carboxylic acids is 3. The Morgan fingerprint density at radius 2 is 0.851 bits per heavy atom. The maximum Gasteiger partial charge on any atom is 0.246 e. The molecule has 3 aliphatic heterocycles. The first kappa shape index (κ1) is 73.5. The molecule has 0 aromatic carbocycles. The van der Waals surface area contributed by atoms with E-state index in [2.05, 4.69) is 84.8 Å². The molecule has 29 heteroatoms. The number of methoxy groups -OCH3 is 3. The summed E-state index contributed by atoms with van der Waals surface area (Å²) in [6.07, 6.45) is 9.41. The van der Waals surface area contributed by atoms with Crippen LogP contribution in [0.15, 0.2) is 18.6 Å². The van der Waals surface area contributed by atoms with Gasteiger partial charge in [0.1, 0.15) is 34.3 Å². The molecule has 0 spiro atoms. The lowest BCUT2D eigenvalue weighted by atomic mass is 9.90. The minimum absolute atomic E-state index is 0.0331. The first-order valence-electron chi connectivity index (χ1n) is 31.3. The number of carbonyl (C=O) groups is 3. The van der Waals surface area contributed by atoms with E-state index < -0.39 is 5.60 Å². The Kier molecular flexibility index (Phi) is 24.7. The minimum Gasteiger partial charge on any atom is -0.496 e. The number of fused-ring (bicyclic) bond motifs is 3. The van der Waals surface area contributed by atoms with Crippen molar-refractivity contribution in [2.24, 2.45) is 11.3 Å². The van der Waals surface area contributed by atoms with E-state index in [1.165, 1.54) is 0 Å². The molecular formula is C65H92Cl3N19O7. The molecule has 0 aliphatic carbocycles. The topological polar surface area (TPSA) is 325 Å². The molecule has 94 heavy (non-hydrogen) atoms. The summed E-state index contributed by atoms with van der Waals surface area (Å²) in [5, 5.41) is 13.8. The summed E-state index contributed by atoms with van der Waals surface area (Å²) in [5.74, 6) is 4.36. The predicted octanol–water partition coefficient (Wildman–Crippen LogP) is 9.27. The molecule has 9 heterocycles. The summed E-state index contributed by atoms with van der Waals surface area (Å²) in [6, 6.07) is 0. The third-order valence-corrected chi connectivity index (χ3v) is 17.0. The van der Waals surface area contributed by atoms with E-state index in [0.717, 1.165) is 93.5 Å². The quantitative estimate of drug-likeness (QED) is 0.0312. The fraction of sp³-hybridized carbons (Fsp3) is 0.538. The summed E-state index contributed by atoms with van der Waals surface area (Å²) >= 11 is 19.3. The first-order valence-corrected chi connectivity index (χ1v) is 32.4. The fourth-order valence-corrected chi connectivity index (χ4v) is 12.3. The van der Waals surface area contributed by atoms with Crippen LogP contribution in [-0.2, 0) is 34.0 Å². The molecule has 0 radical (unpaired) electrons. The number of nitrogens with zero attached hydrogens (tertiary/aromatic N) is 15. The molecule has 8 N–H and O–H groups in total. The summed E-state index contributed by atoms with van der Waals surface area (Å²) in [5.41, 5.74) is 26.5. The number of nitrogen functional groups attached to an aromatic ring is 3. The Morgan fingerprint density at radius 3 is 1.16 bits per heavy atom. The Morgan fingerprint density at radius 1 is 0.521 bits per heavy atom. The van der Waals surface area contributed by atoms with Crippen molar-refractivity contribution in [1.82, 2.24) is 50.2 Å². The Bertz CT molecular complexity index is 3720. The van der Waals surface area contributed by atoms with Crippen LogP contribution in [0.2, 0.25) is 15.5 Å². The SMILES string of the molecule is COc1c(C)cnc(CN2CC(=O)N(CCCC(C)(C)O)c3c(Cl)nc(N)nc32)c1C.COc1c(C)cnc(CN2CC(=O)N(CCCCC(C)(C)C)c3c(Cl)nc(N)nc32)c1C.COc1c(C)cnc(CN2CC(=O)N(CCNCC(C)C)c3c(Cl)nc(N)nc32)c1C. The number of aliphatic hydroxyl groups is 1. The molecule has 0 saturated carbocycles. The number of aromatic nitrogens is 9. The van der Waals surface area contributed by atoms with Gasteiger partial charge >= 0.3 is 0 Å². The van der Waals surface area contributed by atoms with Gasteiger partial charge in [0, 0.05) is 78.2 Å². The molecule has 9 rings (SSSR count). The highest BCUT2D eigenvalue weighted by atomic mass is 35.5. The molecule has 0 bridgehead atoms. The van der Waals surface area contributed by atoms with E-state index in [0.29, 0.717) is 99.1 Å². The average molecular weight is 1360 g/mol. The molecule has 6 aromatic rings. The van der Waals surface area contributed by atoms with Crippen molar-refractivity contribution in [2.45, 2.75) is 147 Å². The van der Waals surface area contributed by atoms with Crippen LogP contribution in [0.4, 0.5) is 52.4 Å². The van der Waals surface area contributed by atoms with E-state index in [9.17, 15) is 19.5 Å². The van der Waals surface area contributed by atoms with E-state index in [1.807, 2.05) is 51.3 Å². The normalized spacial score (nSPS) is 13.9. The Balaban J connectivity index is 0.000000200. The number of halogens is 3. The van der Waals surface area contributed by atoms with Crippen LogP contribution in [0.5, 0.6) is 17.2 Å². The van der Waals surface area contributed by atoms with Crippen LogP contribution in [-0.4, -0.2) is 147 Å². The lowest BCUT2D eigenvalue weighted by Crippen LogP contribution is -2.48. The molecule has 3 aliphatic rings. The van der Waals surface area contributed by atoms with Crippen LogP contribution in [0, 0.1) is 52.9 Å². The van der Waals surface area contributed by atoms with Crippen LogP contribution >= 0.6 is 34.8 Å². The van der Waals surface area contributed by atoms with Crippen molar-refractivity contribution in [3.05, 3.63) is 84.5 Å². The van der Waals surface area contributed by atoms with Crippen LogP contribution in [0.1, 0.15) is 131 Å². The number of amides is 3. The maximum atomic E-state index is 13.1. The zero-order valence-electron chi connectivity index (χ0n) is 57.1. The number of pyridine rings is 3. The molecule has 3 amide bonds. The number of nitrogens with one attached hydrogen (secondary N) is 1. The van der Waals surface area contributed by atoms with Crippen molar-refractivity contribution in [2.75, 3.05) is 120 Å². The summed E-state index contributed by atoms with van der Waals surface area (Å²) < 4.78 is 16.5. The average Bonchev–Trinajstić information content (AvgIpc) is 0.778.